The molecule has 1 fully saturated rings. The quantitative estimate of drug-likeness (QED) is 0.912. The van der Waals surface area contributed by atoms with Gasteiger partial charge in [0, 0.05) is 12.5 Å². The first-order valence-electron chi connectivity index (χ1n) is 8.25. The van der Waals surface area contributed by atoms with E-state index in [1.54, 1.807) is 0 Å². The molecule has 2 aromatic rings. The Hall–Kier alpha value is -2.13. The van der Waals surface area contributed by atoms with E-state index in [1.807, 2.05) is 43.3 Å². The van der Waals surface area contributed by atoms with Gasteiger partial charge in [-0.05, 0) is 36.9 Å². The Kier molecular flexibility index (Phi) is 4.49. The summed E-state index contributed by atoms with van der Waals surface area (Å²) in [7, 11) is 0. The average Bonchev–Trinajstić information content (AvgIpc) is 2.62. The van der Waals surface area contributed by atoms with E-state index in [0.29, 0.717) is 0 Å². The molecule has 0 aliphatic carbocycles. The highest BCUT2D eigenvalue weighted by Crippen LogP contribution is 2.43. The van der Waals surface area contributed by atoms with E-state index >= 15 is 0 Å². The fraction of sp³-hybridized carbons (Fsp3) is 0.350. The molecule has 23 heavy (non-hydrogen) atoms. The molecule has 3 N–H and O–H groups in total. The molecule has 2 aromatic carbocycles. The van der Waals surface area contributed by atoms with Gasteiger partial charge in [-0.2, -0.15) is 0 Å². The van der Waals surface area contributed by atoms with Crippen molar-refractivity contribution in [3.05, 3.63) is 71.8 Å². The third kappa shape index (κ3) is 2.89. The minimum Gasteiger partial charge on any atom is -0.369 e. The molecule has 3 heteroatoms. The van der Waals surface area contributed by atoms with Gasteiger partial charge in [-0.1, -0.05) is 60.7 Å². The van der Waals surface area contributed by atoms with Crippen molar-refractivity contribution in [2.45, 2.75) is 24.7 Å². The van der Waals surface area contributed by atoms with Crippen LogP contribution < -0.4 is 11.1 Å². The van der Waals surface area contributed by atoms with Crippen LogP contribution in [0.15, 0.2) is 60.7 Å². The smallest absolute Gasteiger partial charge is 0.228 e. The van der Waals surface area contributed by atoms with Crippen molar-refractivity contribution in [1.29, 1.82) is 0 Å². The van der Waals surface area contributed by atoms with Crippen molar-refractivity contribution >= 4 is 5.91 Å². The number of nitrogens with two attached hydrogens (primary N) is 1. The molecule has 0 radical (unpaired) electrons. The lowest BCUT2D eigenvalue weighted by Crippen LogP contribution is -2.51. The maximum Gasteiger partial charge on any atom is 0.228 e. The zero-order chi connectivity index (χ0) is 16.3. The second-order valence-corrected chi connectivity index (χ2v) is 6.55. The van der Waals surface area contributed by atoms with Gasteiger partial charge in [0.15, 0.2) is 0 Å². The molecule has 120 valence electrons. The maximum absolute atomic E-state index is 12.5. The van der Waals surface area contributed by atoms with Gasteiger partial charge in [-0.3, -0.25) is 4.79 Å². The van der Waals surface area contributed by atoms with Crippen LogP contribution in [0.25, 0.3) is 0 Å². The summed E-state index contributed by atoms with van der Waals surface area (Å²) in [5.41, 5.74) is 7.54. The van der Waals surface area contributed by atoms with Gasteiger partial charge in [0.25, 0.3) is 0 Å². The molecule has 0 saturated carbocycles. The van der Waals surface area contributed by atoms with Crippen molar-refractivity contribution in [1.82, 2.24) is 5.32 Å². The Labute approximate surface area is 137 Å². The summed E-state index contributed by atoms with van der Waals surface area (Å²) in [5.74, 6) is 0.227. The fourth-order valence-electron chi connectivity index (χ4n) is 3.92. The van der Waals surface area contributed by atoms with Crippen molar-refractivity contribution in [2.24, 2.45) is 11.7 Å². The summed E-state index contributed by atoms with van der Waals surface area (Å²) in [6.45, 7) is 3.81. The first-order chi connectivity index (χ1) is 11.1. The van der Waals surface area contributed by atoms with Gasteiger partial charge in [-0.15, -0.1) is 0 Å². The molecule has 1 heterocycles. The molecule has 1 aliphatic heterocycles. The number of hydrogen-bond acceptors (Lipinski definition) is 2. The third-order valence-electron chi connectivity index (χ3n) is 5.34. The van der Waals surface area contributed by atoms with Crippen molar-refractivity contribution < 1.29 is 4.79 Å². The Balaban J connectivity index is 2.05. The zero-order valence-electron chi connectivity index (χ0n) is 13.5. The van der Waals surface area contributed by atoms with Crippen LogP contribution in [0.3, 0.4) is 0 Å². The van der Waals surface area contributed by atoms with Gasteiger partial charge in [0.2, 0.25) is 5.91 Å². The summed E-state index contributed by atoms with van der Waals surface area (Å²) >= 11 is 0. The highest BCUT2D eigenvalue weighted by Gasteiger charge is 2.46. The molecule has 1 aliphatic rings. The molecule has 3 atom stereocenters. The number of carbonyl (C=O) groups is 1. The molecule has 0 spiro atoms. The van der Waals surface area contributed by atoms with Crippen molar-refractivity contribution in [2.75, 3.05) is 13.1 Å². The first-order valence-corrected chi connectivity index (χ1v) is 8.25. The van der Waals surface area contributed by atoms with E-state index in [1.165, 1.54) is 5.56 Å². The van der Waals surface area contributed by atoms with Gasteiger partial charge < -0.3 is 11.1 Å². The SMILES string of the molecule is CC(C(N)=O)(c1ccccc1)C1CCNCC1c1ccccc1. The Morgan fingerprint density at radius 3 is 2.30 bits per heavy atom. The second kappa shape index (κ2) is 6.55. The average molecular weight is 308 g/mol. The summed E-state index contributed by atoms with van der Waals surface area (Å²) in [6, 6.07) is 20.4. The Morgan fingerprint density at radius 2 is 1.70 bits per heavy atom. The lowest BCUT2D eigenvalue weighted by molar-refractivity contribution is -0.125. The number of piperidine rings is 1. The largest absolute Gasteiger partial charge is 0.369 e. The van der Waals surface area contributed by atoms with Crippen molar-refractivity contribution in [3.63, 3.8) is 0 Å². The van der Waals surface area contributed by atoms with E-state index in [2.05, 4.69) is 29.6 Å². The number of carbonyl (C=O) groups excluding carboxylic acids is 1. The topological polar surface area (TPSA) is 55.1 Å². The molecule has 3 nitrogen and oxygen atoms in total. The van der Waals surface area contributed by atoms with Crippen LogP contribution in [0.2, 0.25) is 0 Å². The zero-order valence-corrected chi connectivity index (χ0v) is 13.5. The summed E-state index contributed by atoms with van der Waals surface area (Å²) in [4.78, 5) is 12.5. The number of primary amides is 1. The molecule has 1 amide bonds. The Bertz CT molecular complexity index is 656. The summed E-state index contributed by atoms with van der Waals surface area (Å²) in [5, 5.41) is 3.47. The number of hydrogen-bond donors (Lipinski definition) is 2. The van der Waals surface area contributed by atoms with Gasteiger partial charge >= 0.3 is 0 Å². The lowest BCUT2D eigenvalue weighted by atomic mass is 9.62. The molecule has 1 saturated heterocycles. The van der Waals surface area contributed by atoms with Crippen molar-refractivity contribution in [3.8, 4) is 0 Å². The Morgan fingerprint density at radius 1 is 1.09 bits per heavy atom. The third-order valence-corrected chi connectivity index (χ3v) is 5.34. The van der Waals surface area contributed by atoms with Crippen LogP contribution in [-0.2, 0) is 10.2 Å². The summed E-state index contributed by atoms with van der Waals surface area (Å²) in [6.07, 6.45) is 0.938. The molecule has 0 aromatic heterocycles. The minimum atomic E-state index is -0.663. The van der Waals surface area contributed by atoms with Crippen LogP contribution in [0.5, 0.6) is 0 Å². The fourth-order valence-corrected chi connectivity index (χ4v) is 3.92. The van der Waals surface area contributed by atoms with E-state index in [9.17, 15) is 4.79 Å². The molecular formula is C20H24N2O. The summed E-state index contributed by atoms with van der Waals surface area (Å²) < 4.78 is 0. The maximum atomic E-state index is 12.5. The number of amides is 1. The predicted octanol–water partition coefficient (Wildman–Crippen LogP) is 2.82. The molecular weight excluding hydrogens is 284 g/mol. The monoisotopic (exact) mass is 308 g/mol. The molecule has 0 bridgehead atoms. The van der Waals surface area contributed by atoms with Gasteiger partial charge in [0.1, 0.15) is 0 Å². The highest BCUT2D eigenvalue weighted by molar-refractivity contribution is 5.87. The van der Waals surface area contributed by atoms with Crippen LogP contribution in [0.4, 0.5) is 0 Å². The lowest BCUT2D eigenvalue weighted by Gasteiger charge is -2.43. The van der Waals surface area contributed by atoms with E-state index in [4.69, 9.17) is 5.73 Å². The molecule has 3 rings (SSSR count). The van der Waals surface area contributed by atoms with Gasteiger partial charge in [-0.25, -0.2) is 0 Å². The number of rotatable bonds is 4. The van der Waals surface area contributed by atoms with Crippen LogP contribution in [-0.4, -0.2) is 19.0 Å². The van der Waals surface area contributed by atoms with E-state index in [-0.39, 0.29) is 17.7 Å². The predicted molar refractivity (Wildman–Crippen MR) is 93.1 cm³/mol. The van der Waals surface area contributed by atoms with E-state index < -0.39 is 5.41 Å². The van der Waals surface area contributed by atoms with Gasteiger partial charge in [0.05, 0.1) is 5.41 Å². The van der Waals surface area contributed by atoms with Crippen LogP contribution in [0.1, 0.15) is 30.4 Å². The highest BCUT2D eigenvalue weighted by atomic mass is 16.1. The molecule has 3 unspecified atom stereocenters. The first kappa shape index (κ1) is 15.8. The second-order valence-electron chi connectivity index (χ2n) is 6.55. The number of nitrogens with one attached hydrogen (secondary N) is 1. The number of benzene rings is 2. The van der Waals surface area contributed by atoms with Crippen LogP contribution >= 0.6 is 0 Å². The van der Waals surface area contributed by atoms with Crippen LogP contribution in [0, 0.1) is 5.92 Å². The standard InChI is InChI=1S/C20H24N2O/c1-20(19(21)23,16-10-6-3-7-11-16)18-12-13-22-14-17(18)15-8-4-2-5-9-15/h2-11,17-18,22H,12-14H2,1H3,(H2,21,23). The minimum absolute atomic E-state index is 0.186. The normalized spacial score (nSPS) is 23.9. The van der Waals surface area contributed by atoms with E-state index in [0.717, 1.165) is 25.1 Å².